The van der Waals surface area contributed by atoms with Crippen LogP contribution >= 0.6 is 0 Å². The molecule has 22 heavy (non-hydrogen) atoms. The third-order valence-corrected chi connectivity index (χ3v) is 3.43. The Kier molecular flexibility index (Phi) is 4.56. The smallest absolute Gasteiger partial charge is 0.166 e. The van der Waals surface area contributed by atoms with Crippen LogP contribution in [-0.4, -0.2) is 32.7 Å². The normalized spacial score (nSPS) is 12.1. The van der Waals surface area contributed by atoms with Gasteiger partial charge in [-0.15, -0.1) is 0 Å². The Hall–Kier alpha value is -1.88. The molecule has 0 atom stereocenters. The van der Waals surface area contributed by atoms with Crippen LogP contribution in [0.4, 0.5) is 0 Å². The largest absolute Gasteiger partial charge is 0.489 e. The summed E-state index contributed by atoms with van der Waals surface area (Å²) in [5.74, 6) is 0.933. The van der Waals surface area contributed by atoms with Crippen LogP contribution in [0.5, 0.6) is 5.75 Å². The van der Waals surface area contributed by atoms with E-state index in [-0.39, 0.29) is 18.3 Å². The van der Waals surface area contributed by atoms with E-state index in [1.165, 1.54) is 0 Å². The summed E-state index contributed by atoms with van der Waals surface area (Å²) < 4.78 is 7.54. The van der Waals surface area contributed by atoms with Crippen LogP contribution in [0.3, 0.4) is 0 Å². The molecule has 5 nitrogen and oxygen atoms in total. The Bertz CT molecular complexity index is 681. The number of rotatable bonds is 6. The highest BCUT2D eigenvalue weighted by molar-refractivity contribution is 6.02. The minimum Gasteiger partial charge on any atom is -0.489 e. The highest BCUT2D eigenvalue weighted by Crippen LogP contribution is 2.29. The number of aliphatic hydroxyl groups is 1. The number of hydrogen-bond donors (Lipinski definition) is 1. The van der Waals surface area contributed by atoms with E-state index < -0.39 is 5.60 Å². The summed E-state index contributed by atoms with van der Waals surface area (Å²) in [5.41, 5.74) is 1.43. The van der Waals surface area contributed by atoms with Crippen LogP contribution in [0, 0.1) is 0 Å². The predicted molar refractivity (Wildman–Crippen MR) is 85.7 cm³/mol. The first-order chi connectivity index (χ1) is 10.2. The van der Waals surface area contributed by atoms with Crippen molar-refractivity contribution in [2.75, 3.05) is 6.61 Å². The molecule has 120 valence electrons. The van der Waals surface area contributed by atoms with Crippen molar-refractivity contribution in [3.05, 3.63) is 29.6 Å². The summed E-state index contributed by atoms with van der Waals surface area (Å²) in [5, 5.41) is 14.2. The van der Waals surface area contributed by atoms with Gasteiger partial charge in [-0.25, -0.2) is 4.52 Å². The molecule has 1 N–H and O–H groups in total. The molecule has 0 aromatic carbocycles. The zero-order chi connectivity index (χ0) is 16.5. The van der Waals surface area contributed by atoms with E-state index in [1.54, 1.807) is 24.6 Å². The maximum atomic E-state index is 12.0. The maximum Gasteiger partial charge on any atom is 0.166 e. The first-order valence-electron chi connectivity index (χ1n) is 7.63. The van der Waals surface area contributed by atoms with Crippen LogP contribution in [0.25, 0.3) is 5.52 Å². The first kappa shape index (κ1) is 16.5. The summed E-state index contributed by atoms with van der Waals surface area (Å²) in [7, 11) is 0. The molecular weight excluding hydrogens is 280 g/mol. The van der Waals surface area contributed by atoms with Gasteiger partial charge in [0, 0.05) is 6.42 Å². The number of carbonyl (C=O) groups is 1. The van der Waals surface area contributed by atoms with Gasteiger partial charge in [-0.2, -0.15) is 5.10 Å². The number of nitrogens with zero attached hydrogens (tertiary/aromatic N) is 2. The van der Waals surface area contributed by atoms with Crippen LogP contribution < -0.4 is 4.74 Å². The van der Waals surface area contributed by atoms with Crippen molar-refractivity contribution in [2.45, 2.75) is 52.6 Å². The minimum atomic E-state index is -0.906. The highest BCUT2D eigenvalue weighted by Gasteiger charge is 2.20. The summed E-state index contributed by atoms with van der Waals surface area (Å²) in [6.45, 7) is 9.54. The molecule has 0 aliphatic carbocycles. The number of ether oxygens (including phenoxy) is 1. The number of fused-ring (bicyclic) bond motifs is 1. The van der Waals surface area contributed by atoms with Gasteiger partial charge in [0.1, 0.15) is 12.4 Å². The summed E-state index contributed by atoms with van der Waals surface area (Å²) in [6.07, 6.45) is 2.07. The third kappa shape index (κ3) is 3.30. The van der Waals surface area contributed by atoms with Crippen molar-refractivity contribution in [1.29, 1.82) is 0 Å². The molecule has 2 heterocycles. The van der Waals surface area contributed by atoms with Gasteiger partial charge in [-0.1, -0.05) is 20.8 Å². The Balaban J connectivity index is 2.51. The molecule has 2 aromatic heterocycles. The zero-order valence-electron chi connectivity index (χ0n) is 13.9. The lowest BCUT2D eigenvalue weighted by Gasteiger charge is -2.21. The molecule has 0 aliphatic heterocycles. The SMILES string of the molecule is CCC(=O)c1cnn2c(C(C)C)c(OCC(C)(C)O)ccc12. The molecule has 0 bridgehead atoms. The van der Waals surface area contributed by atoms with Gasteiger partial charge >= 0.3 is 0 Å². The number of Topliss-reactive ketones (excluding diaryl/α,β-unsaturated/α-hetero) is 1. The van der Waals surface area contributed by atoms with Gasteiger partial charge in [0.2, 0.25) is 0 Å². The highest BCUT2D eigenvalue weighted by atomic mass is 16.5. The fourth-order valence-electron chi connectivity index (χ4n) is 2.37. The predicted octanol–water partition coefficient (Wildman–Crippen LogP) is 3.20. The number of carbonyl (C=O) groups excluding carboxylic acids is 1. The molecule has 0 saturated heterocycles. The number of ketones is 1. The number of pyridine rings is 1. The lowest BCUT2D eigenvalue weighted by atomic mass is 10.1. The Labute approximate surface area is 130 Å². The molecule has 0 amide bonds. The first-order valence-corrected chi connectivity index (χ1v) is 7.63. The van der Waals surface area contributed by atoms with Crippen molar-refractivity contribution in [2.24, 2.45) is 0 Å². The van der Waals surface area contributed by atoms with Gasteiger partial charge in [-0.3, -0.25) is 4.79 Å². The maximum absolute atomic E-state index is 12.0. The average Bonchev–Trinajstić information content (AvgIpc) is 2.86. The van der Waals surface area contributed by atoms with Crippen molar-refractivity contribution < 1.29 is 14.6 Å². The molecule has 5 heteroatoms. The van der Waals surface area contributed by atoms with Crippen LogP contribution in [-0.2, 0) is 0 Å². The fraction of sp³-hybridized carbons (Fsp3) is 0.529. The van der Waals surface area contributed by atoms with Crippen molar-refractivity contribution in [3.8, 4) is 5.75 Å². The van der Waals surface area contributed by atoms with Gasteiger partial charge in [0.05, 0.1) is 28.6 Å². The molecule has 2 aromatic rings. The lowest BCUT2D eigenvalue weighted by Crippen LogP contribution is -2.28. The monoisotopic (exact) mass is 304 g/mol. The third-order valence-electron chi connectivity index (χ3n) is 3.43. The van der Waals surface area contributed by atoms with Crippen LogP contribution in [0.2, 0.25) is 0 Å². The number of aromatic nitrogens is 2. The van der Waals surface area contributed by atoms with Crippen molar-refractivity contribution in [3.63, 3.8) is 0 Å². The van der Waals surface area contributed by atoms with E-state index in [2.05, 4.69) is 18.9 Å². The van der Waals surface area contributed by atoms with E-state index in [0.717, 1.165) is 11.2 Å². The Morgan fingerprint density at radius 1 is 1.41 bits per heavy atom. The van der Waals surface area contributed by atoms with Crippen LogP contribution in [0.1, 0.15) is 63.0 Å². The van der Waals surface area contributed by atoms with Crippen molar-refractivity contribution >= 4 is 11.3 Å². The van der Waals surface area contributed by atoms with E-state index >= 15 is 0 Å². The molecule has 0 spiro atoms. The van der Waals surface area contributed by atoms with Gasteiger partial charge in [0.25, 0.3) is 0 Å². The van der Waals surface area contributed by atoms with E-state index in [9.17, 15) is 9.90 Å². The molecule has 0 fully saturated rings. The van der Waals surface area contributed by atoms with E-state index in [1.807, 2.05) is 19.1 Å². The van der Waals surface area contributed by atoms with Crippen molar-refractivity contribution in [1.82, 2.24) is 9.61 Å². The summed E-state index contributed by atoms with van der Waals surface area (Å²) in [4.78, 5) is 12.0. The summed E-state index contributed by atoms with van der Waals surface area (Å²) in [6, 6.07) is 3.70. The quantitative estimate of drug-likeness (QED) is 0.832. The zero-order valence-corrected chi connectivity index (χ0v) is 13.9. The number of hydrogen-bond acceptors (Lipinski definition) is 4. The minimum absolute atomic E-state index is 0.0786. The standard InChI is InChI=1S/C17H24N2O3/c1-6-14(20)12-9-18-19-13(12)7-8-15(16(19)11(2)3)22-10-17(4,5)21/h7-9,11,21H,6,10H2,1-5H3. The van der Waals surface area contributed by atoms with Crippen LogP contribution in [0.15, 0.2) is 18.3 Å². The van der Waals surface area contributed by atoms with Gasteiger partial charge in [-0.05, 0) is 31.9 Å². The Morgan fingerprint density at radius 3 is 2.64 bits per heavy atom. The van der Waals surface area contributed by atoms with E-state index in [4.69, 9.17) is 4.74 Å². The second-order valence-electron chi connectivity index (χ2n) is 6.47. The average molecular weight is 304 g/mol. The molecule has 0 aliphatic rings. The molecule has 0 unspecified atom stereocenters. The molecule has 0 radical (unpaired) electrons. The summed E-state index contributed by atoms with van der Waals surface area (Å²) >= 11 is 0. The van der Waals surface area contributed by atoms with E-state index in [0.29, 0.717) is 17.7 Å². The molecular formula is C17H24N2O3. The molecule has 2 rings (SSSR count). The van der Waals surface area contributed by atoms with Gasteiger partial charge in [0.15, 0.2) is 5.78 Å². The fourth-order valence-corrected chi connectivity index (χ4v) is 2.37. The second kappa shape index (κ2) is 6.08. The topological polar surface area (TPSA) is 63.8 Å². The lowest BCUT2D eigenvalue weighted by molar-refractivity contribution is 0.0278. The van der Waals surface area contributed by atoms with Gasteiger partial charge < -0.3 is 9.84 Å². The second-order valence-corrected chi connectivity index (χ2v) is 6.47. The Morgan fingerprint density at radius 2 is 2.09 bits per heavy atom. The molecule has 0 saturated carbocycles.